The Labute approximate surface area is 236 Å². The monoisotopic (exact) mass is 558 g/mol. The SMILES string of the molecule is CCC(C)C(N)C(=O)NC(Cc1c[nH]c2ccccc12)C(=O)NC(CC(C)C)C(=O)NC(CCCCN)C(=O)O. The van der Waals surface area contributed by atoms with Gasteiger partial charge < -0.3 is 37.5 Å². The summed E-state index contributed by atoms with van der Waals surface area (Å²) in [6.07, 6.45) is 4.36. The van der Waals surface area contributed by atoms with Crippen molar-refractivity contribution < 1.29 is 24.3 Å². The van der Waals surface area contributed by atoms with E-state index in [-0.39, 0.29) is 31.1 Å². The zero-order valence-corrected chi connectivity index (χ0v) is 24.0. The summed E-state index contributed by atoms with van der Waals surface area (Å²) in [6.45, 7) is 8.03. The van der Waals surface area contributed by atoms with Crippen LogP contribution >= 0.6 is 0 Å². The topological polar surface area (TPSA) is 192 Å². The molecule has 40 heavy (non-hydrogen) atoms. The molecule has 0 bridgehead atoms. The van der Waals surface area contributed by atoms with E-state index in [1.807, 2.05) is 52.0 Å². The number of para-hydroxylation sites is 1. The summed E-state index contributed by atoms with van der Waals surface area (Å²) in [5.74, 6) is -2.81. The number of carboxylic acids is 1. The van der Waals surface area contributed by atoms with Crippen molar-refractivity contribution in [2.75, 3.05) is 6.54 Å². The van der Waals surface area contributed by atoms with Gasteiger partial charge in [-0.2, -0.15) is 0 Å². The third-order valence-electron chi connectivity index (χ3n) is 7.19. The molecule has 2 aromatic rings. The number of hydrogen-bond donors (Lipinski definition) is 7. The fourth-order valence-electron chi connectivity index (χ4n) is 4.51. The number of carboxylic acid groups (broad SMARTS) is 1. The van der Waals surface area contributed by atoms with E-state index in [9.17, 15) is 24.3 Å². The van der Waals surface area contributed by atoms with Gasteiger partial charge >= 0.3 is 5.97 Å². The van der Waals surface area contributed by atoms with Gasteiger partial charge in [-0.25, -0.2) is 4.79 Å². The van der Waals surface area contributed by atoms with Crippen LogP contribution in [-0.4, -0.2) is 64.5 Å². The number of hydrogen-bond acceptors (Lipinski definition) is 6. The van der Waals surface area contributed by atoms with Crippen molar-refractivity contribution in [1.82, 2.24) is 20.9 Å². The van der Waals surface area contributed by atoms with E-state index < -0.39 is 47.9 Å². The molecule has 0 aliphatic rings. The van der Waals surface area contributed by atoms with Gasteiger partial charge in [0.05, 0.1) is 6.04 Å². The second kappa shape index (κ2) is 16.0. The van der Waals surface area contributed by atoms with Crippen molar-refractivity contribution in [3.63, 3.8) is 0 Å². The van der Waals surface area contributed by atoms with E-state index in [0.29, 0.717) is 25.8 Å². The van der Waals surface area contributed by atoms with Crippen LogP contribution in [-0.2, 0) is 25.6 Å². The molecule has 0 fully saturated rings. The van der Waals surface area contributed by atoms with Gasteiger partial charge in [0.15, 0.2) is 0 Å². The van der Waals surface area contributed by atoms with Crippen LogP contribution in [0.25, 0.3) is 10.9 Å². The Balaban J connectivity index is 2.28. The molecular formula is C29H46N6O5. The van der Waals surface area contributed by atoms with Crippen LogP contribution in [0.5, 0.6) is 0 Å². The molecule has 9 N–H and O–H groups in total. The Bertz CT molecular complexity index is 1130. The van der Waals surface area contributed by atoms with Gasteiger partial charge in [0, 0.05) is 23.5 Å². The van der Waals surface area contributed by atoms with Crippen molar-refractivity contribution in [2.45, 2.75) is 90.4 Å². The number of benzene rings is 1. The van der Waals surface area contributed by atoms with E-state index >= 15 is 0 Å². The summed E-state index contributed by atoms with van der Waals surface area (Å²) in [7, 11) is 0. The number of aliphatic carboxylic acids is 1. The Morgan fingerprint density at radius 2 is 1.55 bits per heavy atom. The molecule has 0 saturated heterocycles. The first kappa shape index (κ1) is 32.8. The molecule has 11 nitrogen and oxygen atoms in total. The number of amides is 3. The number of nitrogens with two attached hydrogens (primary N) is 2. The minimum Gasteiger partial charge on any atom is -0.480 e. The molecule has 5 unspecified atom stereocenters. The van der Waals surface area contributed by atoms with E-state index in [1.165, 1.54) is 0 Å². The lowest BCUT2D eigenvalue weighted by atomic mass is 9.97. The first-order valence-corrected chi connectivity index (χ1v) is 14.1. The molecule has 11 heteroatoms. The quantitative estimate of drug-likeness (QED) is 0.144. The highest BCUT2D eigenvalue weighted by molar-refractivity contribution is 5.95. The maximum Gasteiger partial charge on any atom is 0.326 e. The van der Waals surface area contributed by atoms with Gasteiger partial charge in [0.2, 0.25) is 17.7 Å². The summed E-state index contributed by atoms with van der Waals surface area (Å²) in [5.41, 5.74) is 13.4. The molecule has 1 heterocycles. The van der Waals surface area contributed by atoms with Crippen LogP contribution in [0.1, 0.15) is 65.4 Å². The van der Waals surface area contributed by atoms with Crippen molar-refractivity contribution in [3.8, 4) is 0 Å². The number of unbranched alkanes of at least 4 members (excludes halogenated alkanes) is 1. The number of carbonyl (C=O) groups is 4. The first-order valence-electron chi connectivity index (χ1n) is 14.1. The van der Waals surface area contributed by atoms with E-state index in [0.717, 1.165) is 16.5 Å². The summed E-state index contributed by atoms with van der Waals surface area (Å²) in [6, 6.07) is 3.73. The third-order valence-corrected chi connectivity index (χ3v) is 7.19. The maximum absolute atomic E-state index is 13.6. The number of fused-ring (bicyclic) bond motifs is 1. The Kier molecular flexibility index (Phi) is 13.1. The molecular weight excluding hydrogens is 512 g/mol. The second-order valence-corrected chi connectivity index (χ2v) is 10.9. The minimum atomic E-state index is -1.15. The maximum atomic E-state index is 13.6. The van der Waals surface area contributed by atoms with Gasteiger partial charge in [-0.3, -0.25) is 14.4 Å². The highest BCUT2D eigenvalue weighted by Gasteiger charge is 2.32. The molecule has 1 aromatic carbocycles. The van der Waals surface area contributed by atoms with E-state index in [4.69, 9.17) is 11.5 Å². The lowest BCUT2D eigenvalue weighted by molar-refractivity contribution is -0.142. The van der Waals surface area contributed by atoms with Crippen LogP contribution in [0.3, 0.4) is 0 Å². The summed E-state index contributed by atoms with van der Waals surface area (Å²) >= 11 is 0. The molecule has 3 amide bonds. The summed E-state index contributed by atoms with van der Waals surface area (Å²) in [5, 5.41) is 18.7. The molecule has 0 aliphatic carbocycles. The van der Waals surface area contributed by atoms with Crippen molar-refractivity contribution >= 4 is 34.6 Å². The molecule has 0 radical (unpaired) electrons. The predicted molar refractivity (Wildman–Crippen MR) is 155 cm³/mol. The normalized spacial score (nSPS) is 15.2. The standard InChI is InChI=1S/C29H46N6O5/c1-5-18(4)25(31)28(38)35-24(15-19-16-32-21-11-7-6-10-20(19)21)27(37)34-23(14-17(2)3)26(36)33-22(29(39)40)12-8-9-13-30/h6-7,10-11,16-18,22-25,32H,5,8-9,12-15,30-31H2,1-4H3,(H,33,36)(H,34,37)(H,35,38)(H,39,40). The zero-order valence-electron chi connectivity index (χ0n) is 24.0. The largest absolute Gasteiger partial charge is 0.480 e. The number of aromatic amines is 1. The highest BCUT2D eigenvalue weighted by atomic mass is 16.4. The van der Waals surface area contributed by atoms with Crippen LogP contribution in [0.15, 0.2) is 30.5 Å². The number of rotatable bonds is 17. The third kappa shape index (κ3) is 9.63. The Morgan fingerprint density at radius 3 is 2.17 bits per heavy atom. The molecule has 0 saturated carbocycles. The van der Waals surface area contributed by atoms with Crippen LogP contribution < -0.4 is 27.4 Å². The minimum absolute atomic E-state index is 0.0250. The molecule has 0 spiro atoms. The fraction of sp³-hybridized carbons (Fsp3) is 0.586. The number of H-pyrrole nitrogens is 1. The van der Waals surface area contributed by atoms with Gasteiger partial charge in [0.1, 0.15) is 18.1 Å². The van der Waals surface area contributed by atoms with E-state index in [1.54, 1.807) is 6.20 Å². The lowest BCUT2D eigenvalue weighted by Gasteiger charge is -2.27. The Morgan fingerprint density at radius 1 is 0.925 bits per heavy atom. The van der Waals surface area contributed by atoms with Gasteiger partial charge in [-0.1, -0.05) is 52.3 Å². The van der Waals surface area contributed by atoms with Gasteiger partial charge in [0.25, 0.3) is 0 Å². The fourth-order valence-corrected chi connectivity index (χ4v) is 4.51. The summed E-state index contributed by atoms with van der Waals surface area (Å²) in [4.78, 5) is 54.8. The molecule has 222 valence electrons. The van der Waals surface area contributed by atoms with Gasteiger partial charge in [-0.05, 0) is 55.7 Å². The molecule has 5 atom stereocenters. The van der Waals surface area contributed by atoms with E-state index in [2.05, 4.69) is 20.9 Å². The molecule has 1 aromatic heterocycles. The van der Waals surface area contributed by atoms with Crippen molar-refractivity contribution in [1.29, 1.82) is 0 Å². The number of carbonyl (C=O) groups excluding carboxylic acids is 3. The zero-order chi connectivity index (χ0) is 29.8. The predicted octanol–water partition coefficient (Wildman–Crippen LogP) is 1.80. The molecule has 2 rings (SSSR count). The van der Waals surface area contributed by atoms with Gasteiger partial charge in [-0.15, -0.1) is 0 Å². The molecule has 0 aliphatic heterocycles. The highest BCUT2D eigenvalue weighted by Crippen LogP contribution is 2.20. The van der Waals surface area contributed by atoms with Crippen molar-refractivity contribution in [2.24, 2.45) is 23.3 Å². The smallest absolute Gasteiger partial charge is 0.326 e. The van der Waals surface area contributed by atoms with Crippen LogP contribution in [0, 0.1) is 11.8 Å². The second-order valence-electron chi connectivity index (χ2n) is 10.9. The average Bonchev–Trinajstić information content (AvgIpc) is 3.33. The lowest BCUT2D eigenvalue weighted by Crippen LogP contribution is -2.58. The number of aromatic nitrogens is 1. The first-order chi connectivity index (χ1) is 19.0. The average molecular weight is 559 g/mol. The Hall–Kier alpha value is -3.44. The summed E-state index contributed by atoms with van der Waals surface area (Å²) < 4.78 is 0. The number of nitrogens with one attached hydrogen (secondary N) is 4. The van der Waals surface area contributed by atoms with Crippen molar-refractivity contribution in [3.05, 3.63) is 36.0 Å². The van der Waals surface area contributed by atoms with Crippen LogP contribution in [0.2, 0.25) is 0 Å². The van der Waals surface area contributed by atoms with Crippen LogP contribution in [0.4, 0.5) is 0 Å².